The molecule has 0 N–H and O–H groups in total. The average molecular weight is 426 g/mol. The van der Waals surface area contributed by atoms with Gasteiger partial charge in [0.15, 0.2) is 23.9 Å². The van der Waals surface area contributed by atoms with Crippen molar-refractivity contribution < 1.29 is 28.3 Å². The van der Waals surface area contributed by atoms with E-state index < -0.39 is 5.97 Å². The van der Waals surface area contributed by atoms with E-state index in [2.05, 4.69) is 5.16 Å². The number of ketones is 1. The third kappa shape index (κ3) is 4.96. The van der Waals surface area contributed by atoms with Crippen LogP contribution in [0.1, 0.15) is 39.5 Å². The predicted octanol–water partition coefficient (Wildman–Crippen LogP) is 3.77. The number of benzene rings is 1. The van der Waals surface area contributed by atoms with Gasteiger partial charge in [0.05, 0.1) is 14.2 Å². The minimum absolute atomic E-state index is 0.153. The number of esters is 1. The van der Waals surface area contributed by atoms with Gasteiger partial charge >= 0.3 is 5.97 Å². The van der Waals surface area contributed by atoms with Gasteiger partial charge in [0.25, 0.3) is 0 Å². The minimum atomic E-state index is -0.441. The molecule has 0 atom stereocenters. The highest BCUT2D eigenvalue weighted by Gasteiger charge is 2.19. The smallest absolute Gasteiger partial charge is 0.306 e. The molecule has 0 aliphatic heterocycles. The summed E-state index contributed by atoms with van der Waals surface area (Å²) in [4.78, 5) is 24.8. The molecular formula is C23H26N2O6. The van der Waals surface area contributed by atoms with Crippen LogP contribution in [0.25, 0.3) is 5.82 Å². The fourth-order valence-electron chi connectivity index (χ4n) is 3.43. The first-order valence-electron chi connectivity index (χ1n) is 9.86. The first-order chi connectivity index (χ1) is 14.8. The zero-order chi connectivity index (χ0) is 22.5. The second kappa shape index (κ2) is 9.51. The summed E-state index contributed by atoms with van der Waals surface area (Å²) in [6, 6.07) is 9.02. The van der Waals surface area contributed by atoms with Crippen LogP contribution in [0.15, 0.2) is 34.9 Å². The molecular weight excluding hydrogens is 400 g/mol. The van der Waals surface area contributed by atoms with Gasteiger partial charge in [-0.25, -0.2) is 0 Å². The summed E-state index contributed by atoms with van der Waals surface area (Å²) in [7, 11) is 3.12. The predicted molar refractivity (Wildman–Crippen MR) is 113 cm³/mol. The maximum absolute atomic E-state index is 12.6. The van der Waals surface area contributed by atoms with Crippen molar-refractivity contribution in [1.82, 2.24) is 9.72 Å². The van der Waals surface area contributed by atoms with Crippen LogP contribution in [-0.4, -0.2) is 42.3 Å². The number of methoxy groups -OCH3 is 2. The molecule has 0 radical (unpaired) electrons. The molecule has 0 aliphatic rings. The zero-order valence-corrected chi connectivity index (χ0v) is 18.4. The number of Topliss-reactive ketones (excluding diaryl/α,β-unsaturated/α-hetero) is 1. The van der Waals surface area contributed by atoms with Crippen LogP contribution in [0, 0.1) is 20.8 Å². The van der Waals surface area contributed by atoms with E-state index in [-0.39, 0.29) is 18.8 Å². The quantitative estimate of drug-likeness (QED) is 0.380. The van der Waals surface area contributed by atoms with Gasteiger partial charge in [-0.2, -0.15) is 0 Å². The molecule has 31 heavy (non-hydrogen) atoms. The third-order valence-electron chi connectivity index (χ3n) is 5.01. The van der Waals surface area contributed by atoms with Crippen molar-refractivity contribution in [2.24, 2.45) is 0 Å². The number of carbonyl (C=O) groups excluding carboxylic acids is 2. The van der Waals surface area contributed by atoms with E-state index in [1.807, 2.05) is 30.5 Å². The monoisotopic (exact) mass is 426 g/mol. The second-order valence-corrected chi connectivity index (χ2v) is 7.19. The largest absolute Gasteiger partial charge is 0.493 e. The Morgan fingerprint density at radius 1 is 1.03 bits per heavy atom. The van der Waals surface area contributed by atoms with Crippen molar-refractivity contribution in [3.8, 4) is 17.3 Å². The van der Waals surface area contributed by atoms with Gasteiger partial charge < -0.3 is 18.7 Å². The highest BCUT2D eigenvalue weighted by atomic mass is 16.5. The topological polar surface area (TPSA) is 92.8 Å². The SMILES string of the molecule is COc1ccc(CCC(=O)OCC(=O)c2cc(C)n(-c3cc(C)on3)c2C)cc1OC. The van der Waals surface area contributed by atoms with Crippen molar-refractivity contribution in [1.29, 1.82) is 0 Å². The Balaban J connectivity index is 1.58. The number of aromatic nitrogens is 2. The number of carbonyl (C=O) groups is 2. The fourth-order valence-corrected chi connectivity index (χ4v) is 3.43. The number of hydrogen-bond acceptors (Lipinski definition) is 7. The lowest BCUT2D eigenvalue weighted by Crippen LogP contribution is -2.15. The van der Waals surface area contributed by atoms with Crippen molar-refractivity contribution in [2.75, 3.05) is 20.8 Å². The Morgan fingerprint density at radius 2 is 1.77 bits per heavy atom. The Labute approximate surface area is 180 Å². The van der Waals surface area contributed by atoms with Crippen LogP contribution in [0.3, 0.4) is 0 Å². The van der Waals surface area contributed by atoms with Crippen molar-refractivity contribution >= 4 is 11.8 Å². The summed E-state index contributed by atoms with van der Waals surface area (Å²) in [5.74, 6) is 1.80. The number of ether oxygens (including phenoxy) is 3. The van der Waals surface area contributed by atoms with E-state index in [0.29, 0.717) is 35.1 Å². The van der Waals surface area contributed by atoms with Crippen LogP contribution in [0.5, 0.6) is 11.5 Å². The second-order valence-electron chi connectivity index (χ2n) is 7.19. The normalized spacial score (nSPS) is 10.7. The summed E-state index contributed by atoms with van der Waals surface area (Å²) in [5, 5.41) is 4.01. The molecule has 0 amide bonds. The molecule has 0 spiro atoms. The van der Waals surface area contributed by atoms with Crippen molar-refractivity contribution in [2.45, 2.75) is 33.6 Å². The standard InChI is InChI=1S/C23H26N2O6/c1-14-10-18(16(3)25(14)22-11-15(2)31-24-22)19(26)13-30-23(27)9-7-17-6-8-20(28-4)21(12-17)29-5/h6,8,10-12H,7,9,13H2,1-5H3. The van der Waals surface area contributed by atoms with Crippen LogP contribution < -0.4 is 9.47 Å². The van der Waals surface area contributed by atoms with Crippen LogP contribution in [0.2, 0.25) is 0 Å². The summed E-state index contributed by atoms with van der Waals surface area (Å²) < 4.78 is 22.6. The molecule has 3 aromatic rings. The van der Waals surface area contributed by atoms with Gasteiger partial charge in [0, 0.05) is 29.4 Å². The third-order valence-corrected chi connectivity index (χ3v) is 5.01. The maximum Gasteiger partial charge on any atom is 0.306 e. The van der Waals surface area contributed by atoms with Crippen LogP contribution in [0.4, 0.5) is 0 Å². The maximum atomic E-state index is 12.6. The Morgan fingerprint density at radius 3 is 2.42 bits per heavy atom. The van der Waals surface area contributed by atoms with E-state index in [1.165, 1.54) is 0 Å². The van der Waals surface area contributed by atoms with Gasteiger partial charge in [-0.3, -0.25) is 14.2 Å². The number of nitrogens with zero attached hydrogens (tertiary/aromatic N) is 2. The highest BCUT2D eigenvalue weighted by Crippen LogP contribution is 2.28. The van der Waals surface area contributed by atoms with E-state index in [4.69, 9.17) is 18.7 Å². The van der Waals surface area contributed by atoms with E-state index in [0.717, 1.165) is 17.0 Å². The lowest BCUT2D eigenvalue weighted by atomic mass is 10.1. The molecule has 3 rings (SSSR count). The fraction of sp³-hybridized carbons (Fsp3) is 0.348. The summed E-state index contributed by atoms with van der Waals surface area (Å²) >= 11 is 0. The highest BCUT2D eigenvalue weighted by molar-refractivity contribution is 5.99. The molecule has 0 saturated carbocycles. The Kier molecular flexibility index (Phi) is 6.79. The first kappa shape index (κ1) is 22.1. The molecule has 2 aromatic heterocycles. The number of rotatable bonds is 9. The Bertz CT molecular complexity index is 1100. The molecule has 164 valence electrons. The van der Waals surface area contributed by atoms with Gasteiger partial charge in [-0.05, 0) is 51.0 Å². The first-order valence-corrected chi connectivity index (χ1v) is 9.86. The molecule has 0 unspecified atom stereocenters. The molecule has 8 nitrogen and oxygen atoms in total. The van der Waals surface area contributed by atoms with Gasteiger partial charge in [0.2, 0.25) is 5.78 Å². The minimum Gasteiger partial charge on any atom is -0.493 e. The van der Waals surface area contributed by atoms with Crippen molar-refractivity contribution in [3.05, 3.63) is 58.6 Å². The van der Waals surface area contributed by atoms with Crippen LogP contribution >= 0.6 is 0 Å². The molecule has 0 saturated heterocycles. The van der Waals surface area contributed by atoms with Gasteiger partial charge in [0.1, 0.15) is 5.76 Å². The summed E-state index contributed by atoms with van der Waals surface area (Å²) in [6.45, 7) is 5.19. The molecule has 2 heterocycles. The molecule has 0 fully saturated rings. The van der Waals surface area contributed by atoms with E-state index in [1.54, 1.807) is 39.3 Å². The summed E-state index contributed by atoms with van der Waals surface area (Å²) in [5.41, 5.74) is 2.96. The molecule has 0 aliphatic carbocycles. The van der Waals surface area contributed by atoms with Crippen molar-refractivity contribution in [3.63, 3.8) is 0 Å². The molecule has 8 heteroatoms. The molecule has 1 aromatic carbocycles. The molecule has 0 bridgehead atoms. The summed E-state index contributed by atoms with van der Waals surface area (Å²) in [6.07, 6.45) is 0.618. The zero-order valence-electron chi connectivity index (χ0n) is 18.4. The van der Waals surface area contributed by atoms with E-state index in [9.17, 15) is 9.59 Å². The average Bonchev–Trinajstić information content (AvgIpc) is 3.31. The van der Waals surface area contributed by atoms with E-state index >= 15 is 0 Å². The Hall–Kier alpha value is -3.55. The van der Waals surface area contributed by atoms with Gasteiger partial charge in [-0.1, -0.05) is 11.2 Å². The lowest BCUT2D eigenvalue weighted by molar-refractivity contribution is -0.142. The number of aryl methyl sites for hydroxylation is 3. The van der Waals surface area contributed by atoms with Gasteiger partial charge in [-0.15, -0.1) is 0 Å². The lowest BCUT2D eigenvalue weighted by Gasteiger charge is -2.09. The number of hydrogen-bond donors (Lipinski definition) is 0. The van der Waals surface area contributed by atoms with Crippen LogP contribution in [-0.2, 0) is 16.0 Å².